The van der Waals surface area contributed by atoms with Gasteiger partial charge in [0.1, 0.15) is 5.75 Å². The fourth-order valence-electron chi connectivity index (χ4n) is 2.09. The molecule has 0 aliphatic carbocycles. The lowest BCUT2D eigenvalue weighted by molar-refractivity contribution is -0.141. The Hall–Kier alpha value is -2.04. The molecule has 1 unspecified atom stereocenters. The number of amides is 1. The zero-order valence-electron chi connectivity index (χ0n) is 13.9. The van der Waals surface area contributed by atoms with Gasteiger partial charge >= 0.3 is 5.97 Å². The van der Waals surface area contributed by atoms with Crippen molar-refractivity contribution in [1.82, 2.24) is 5.32 Å². The highest BCUT2D eigenvalue weighted by Crippen LogP contribution is 2.27. The Morgan fingerprint density at radius 3 is 2.50 bits per heavy atom. The van der Waals surface area contributed by atoms with E-state index in [0.717, 1.165) is 16.9 Å². The third-order valence-corrected chi connectivity index (χ3v) is 3.26. The smallest absolute Gasteiger partial charge is 0.307 e. The lowest BCUT2D eigenvalue weighted by atomic mass is 10.0. The molecule has 5 nitrogen and oxygen atoms in total. The highest BCUT2D eigenvalue weighted by atomic mass is 16.5. The van der Waals surface area contributed by atoms with E-state index in [1.54, 1.807) is 6.92 Å². The van der Waals surface area contributed by atoms with Crippen molar-refractivity contribution in [2.24, 2.45) is 0 Å². The van der Waals surface area contributed by atoms with Crippen molar-refractivity contribution in [3.63, 3.8) is 0 Å². The summed E-state index contributed by atoms with van der Waals surface area (Å²) in [4.78, 5) is 23.0. The third kappa shape index (κ3) is 5.76. The standard InChI is InChI=1S/C17H25NO4/c1-11(2)14-7-6-12(3)8-15(14)22-10-16(19)18-13(4)9-17(20)21-5/h6-8,11,13H,9-10H2,1-5H3,(H,18,19). The molecule has 0 aliphatic rings. The van der Waals surface area contributed by atoms with Gasteiger partial charge in [-0.3, -0.25) is 9.59 Å². The van der Waals surface area contributed by atoms with Gasteiger partial charge in [-0.15, -0.1) is 0 Å². The van der Waals surface area contributed by atoms with Gasteiger partial charge in [-0.1, -0.05) is 26.0 Å². The average Bonchev–Trinajstić information content (AvgIpc) is 2.44. The number of hydrogen-bond acceptors (Lipinski definition) is 4. The van der Waals surface area contributed by atoms with E-state index in [2.05, 4.69) is 23.9 Å². The molecule has 0 radical (unpaired) electrons. The van der Waals surface area contributed by atoms with E-state index in [1.807, 2.05) is 25.1 Å². The van der Waals surface area contributed by atoms with E-state index >= 15 is 0 Å². The van der Waals surface area contributed by atoms with Crippen LogP contribution >= 0.6 is 0 Å². The summed E-state index contributed by atoms with van der Waals surface area (Å²) in [7, 11) is 1.32. The van der Waals surface area contributed by atoms with Gasteiger partial charge in [0.25, 0.3) is 5.91 Å². The molecule has 1 atom stereocenters. The maximum atomic E-state index is 11.9. The largest absolute Gasteiger partial charge is 0.483 e. The van der Waals surface area contributed by atoms with Gasteiger partial charge in [-0.25, -0.2) is 0 Å². The molecule has 0 saturated carbocycles. The van der Waals surface area contributed by atoms with Crippen LogP contribution in [0.1, 0.15) is 44.2 Å². The second-order valence-corrected chi connectivity index (χ2v) is 5.73. The predicted octanol–water partition coefficient (Wildman–Crippen LogP) is 2.57. The van der Waals surface area contributed by atoms with Crippen molar-refractivity contribution in [3.05, 3.63) is 29.3 Å². The Morgan fingerprint density at radius 1 is 1.23 bits per heavy atom. The first-order valence-electron chi connectivity index (χ1n) is 7.43. The minimum atomic E-state index is -0.352. The maximum Gasteiger partial charge on any atom is 0.307 e. The van der Waals surface area contributed by atoms with Crippen molar-refractivity contribution in [3.8, 4) is 5.75 Å². The lowest BCUT2D eigenvalue weighted by Crippen LogP contribution is -2.37. The summed E-state index contributed by atoms with van der Waals surface area (Å²) in [6.07, 6.45) is 0.143. The van der Waals surface area contributed by atoms with Crippen LogP contribution in [-0.4, -0.2) is 31.6 Å². The summed E-state index contributed by atoms with van der Waals surface area (Å²) < 4.78 is 10.2. The molecule has 0 heterocycles. The van der Waals surface area contributed by atoms with Gasteiger partial charge in [0.15, 0.2) is 6.61 Å². The van der Waals surface area contributed by atoms with E-state index in [1.165, 1.54) is 7.11 Å². The highest BCUT2D eigenvalue weighted by molar-refractivity contribution is 5.79. The molecule has 0 bridgehead atoms. The fourth-order valence-corrected chi connectivity index (χ4v) is 2.09. The molecular weight excluding hydrogens is 282 g/mol. The Kier molecular flexibility index (Phi) is 6.89. The lowest BCUT2D eigenvalue weighted by Gasteiger charge is -2.16. The van der Waals surface area contributed by atoms with Crippen molar-refractivity contribution < 1.29 is 19.1 Å². The number of ether oxygens (including phenoxy) is 2. The highest BCUT2D eigenvalue weighted by Gasteiger charge is 2.14. The van der Waals surface area contributed by atoms with Gasteiger partial charge in [-0.05, 0) is 37.0 Å². The Labute approximate surface area is 132 Å². The van der Waals surface area contributed by atoms with Crippen molar-refractivity contribution in [2.75, 3.05) is 13.7 Å². The summed E-state index contributed by atoms with van der Waals surface area (Å²) >= 11 is 0. The average molecular weight is 307 g/mol. The maximum absolute atomic E-state index is 11.9. The van der Waals surface area contributed by atoms with E-state index in [4.69, 9.17) is 4.74 Å². The quantitative estimate of drug-likeness (QED) is 0.786. The van der Waals surface area contributed by atoms with Gasteiger partial charge in [0, 0.05) is 6.04 Å². The summed E-state index contributed by atoms with van der Waals surface area (Å²) in [5.41, 5.74) is 2.15. The van der Waals surface area contributed by atoms with Gasteiger partial charge < -0.3 is 14.8 Å². The molecule has 0 spiro atoms. The number of methoxy groups -OCH3 is 1. The second kappa shape index (κ2) is 8.41. The van der Waals surface area contributed by atoms with Crippen LogP contribution < -0.4 is 10.1 Å². The van der Waals surface area contributed by atoms with E-state index in [-0.39, 0.29) is 30.9 Å². The first-order valence-corrected chi connectivity index (χ1v) is 7.43. The molecule has 0 aromatic heterocycles. The first kappa shape index (κ1) is 18.0. The summed E-state index contributed by atoms with van der Waals surface area (Å²) in [6, 6.07) is 5.69. The molecule has 1 amide bonds. The van der Waals surface area contributed by atoms with Gasteiger partial charge in [0.05, 0.1) is 13.5 Å². The van der Waals surface area contributed by atoms with Crippen LogP contribution in [0.5, 0.6) is 5.75 Å². The molecular formula is C17H25NO4. The van der Waals surface area contributed by atoms with Crippen LogP contribution in [0.15, 0.2) is 18.2 Å². The van der Waals surface area contributed by atoms with Crippen LogP contribution in [0, 0.1) is 6.92 Å². The number of nitrogens with one attached hydrogen (secondary N) is 1. The van der Waals surface area contributed by atoms with Crippen molar-refractivity contribution >= 4 is 11.9 Å². The zero-order valence-corrected chi connectivity index (χ0v) is 13.9. The summed E-state index contributed by atoms with van der Waals surface area (Å²) in [5.74, 6) is 0.435. The Balaban J connectivity index is 2.57. The number of benzene rings is 1. The SMILES string of the molecule is COC(=O)CC(C)NC(=O)COc1cc(C)ccc1C(C)C. The van der Waals surface area contributed by atoms with Crippen molar-refractivity contribution in [2.45, 2.75) is 46.1 Å². The van der Waals surface area contributed by atoms with E-state index in [0.29, 0.717) is 5.92 Å². The number of hydrogen-bond donors (Lipinski definition) is 1. The van der Waals surface area contributed by atoms with E-state index < -0.39 is 0 Å². The van der Waals surface area contributed by atoms with Crippen LogP contribution in [0.2, 0.25) is 0 Å². The molecule has 1 N–H and O–H groups in total. The minimum Gasteiger partial charge on any atom is -0.483 e. The molecule has 0 saturated heterocycles. The molecule has 1 aromatic rings. The monoisotopic (exact) mass is 307 g/mol. The zero-order chi connectivity index (χ0) is 16.7. The number of carbonyl (C=O) groups is 2. The normalized spacial score (nSPS) is 11.9. The first-order chi connectivity index (χ1) is 10.3. The molecule has 0 fully saturated rings. The number of aryl methyl sites for hydroxylation is 1. The number of esters is 1. The van der Waals surface area contributed by atoms with Crippen LogP contribution in [0.3, 0.4) is 0 Å². The number of rotatable bonds is 7. The summed E-state index contributed by atoms with van der Waals surface area (Å²) in [6.45, 7) is 7.82. The van der Waals surface area contributed by atoms with Crippen LogP contribution in [0.4, 0.5) is 0 Å². The topological polar surface area (TPSA) is 64.6 Å². The molecule has 122 valence electrons. The molecule has 22 heavy (non-hydrogen) atoms. The Morgan fingerprint density at radius 2 is 1.91 bits per heavy atom. The molecule has 1 rings (SSSR count). The predicted molar refractivity (Wildman–Crippen MR) is 85.0 cm³/mol. The number of carbonyl (C=O) groups excluding carboxylic acids is 2. The summed E-state index contributed by atoms with van der Waals surface area (Å²) in [5, 5.41) is 2.71. The second-order valence-electron chi connectivity index (χ2n) is 5.73. The van der Waals surface area contributed by atoms with Gasteiger partial charge in [-0.2, -0.15) is 0 Å². The van der Waals surface area contributed by atoms with E-state index in [9.17, 15) is 9.59 Å². The van der Waals surface area contributed by atoms with Crippen LogP contribution in [0.25, 0.3) is 0 Å². The van der Waals surface area contributed by atoms with Crippen molar-refractivity contribution in [1.29, 1.82) is 0 Å². The molecule has 0 aliphatic heterocycles. The van der Waals surface area contributed by atoms with Crippen LogP contribution in [-0.2, 0) is 14.3 Å². The minimum absolute atomic E-state index is 0.0747. The Bertz CT molecular complexity index is 525. The molecule has 5 heteroatoms. The third-order valence-electron chi connectivity index (χ3n) is 3.26. The fraction of sp³-hybridized carbons (Fsp3) is 0.529. The van der Waals surface area contributed by atoms with Gasteiger partial charge in [0.2, 0.25) is 0 Å². The molecule has 1 aromatic carbocycles.